The summed E-state index contributed by atoms with van der Waals surface area (Å²) in [6.45, 7) is 7.89. The first-order valence-electron chi connectivity index (χ1n) is 5.05. The Bertz CT molecular complexity index is 260. The summed E-state index contributed by atoms with van der Waals surface area (Å²) in [6.07, 6.45) is 2.05. The fraction of sp³-hybridized carbons (Fsp3) is 0.900. The Hall–Kier alpha value is 0.200. The molecule has 0 saturated carbocycles. The Kier molecular flexibility index (Phi) is 6.80. The lowest BCUT2D eigenvalue weighted by molar-refractivity contribution is 0.176. The highest BCUT2D eigenvalue weighted by molar-refractivity contribution is 7.86. The first kappa shape index (κ1) is 15.2. The van der Waals surface area contributed by atoms with E-state index in [2.05, 4.69) is 6.92 Å². The monoisotopic (exact) mass is 255 g/mol. The molecule has 0 aliphatic heterocycles. The van der Waals surface area contributed by atoms with E-state index in [4.69, 9.17) is 15.8 Å². The second-order valence-corrected chi connectivity index (χ2v) is 6.47. The van der Waals surface area contributed by atoms with Crippen molar-refractivity contribution in [1.29, 1.82) is 0 Å². The molecule has 0 aliphatic carbocycles. The average molecular weight is 256 g/mol. The zero-order chi connectivity index (χ0) is 11.9. The van der Waals surface area contributed by atoms with Gasteiger partial charge >= 0.3 is 0 Å². The highest BCUT2D eigenvalue weighted by Crippen LogP contribution is 2.23. The second kappa shape index (κ2) is 6.71. The fourth-order valence-corrected chi connectivity index (χ4v) is 2.50. The fourth-order valence-electron chi connectivity index (χ4n) is 1.09. The predicted molar refractivity (Wildman–Crippen MR) is 63.4 cm³/mol. The average Bonchev–Trinajstić information content (AvgIpc) is 2.12. The van der Waals surface area contributed by atoms with Gasteiger partial charge in [0.05, 0.1) is 12.4 Å². The minimum Gasteiger partial charge on any atom is -0.270 e. The zero-order valence-corrected chi connectivity index (χ0v) is 11.0. The normalized spacial score (nSPS) is 13.1. The zero-order valence-electron chi connectivity index (χ0n) is 9.46. The van der Waals surface area contributed by atoms with Crippen LogP contribution in [0.15, 0.2) is 0 Å². The number of rotatable bonds is 8. The van der Waals surface area contributed by atoms with Gasteiger partial charge in [0.15, 0.2) is 0 Å². The van der Waals surface area contributed by atoms with Crippen molar-refractivity contribution in [3.8, 4) is 0 Å². The number of alkyl halides is 1. The van der Waals surface area contributed by atoms with Crippen molar-refractivity contribution in [3.63, 3.8) is 0 Å². The molecule has 0 aliphatic rings. The second-order valence-electron chi connectivity index (χ2n) is 4.33. The Labute approximate surface area is 98.3 Å². The summed E-state index contributed by atoms with van der Waals surface area (Å²) >= 11 is 5.42. The Morgan fingerprint density at radius 2 is 2.00 bits per heavy atom. The van der Waals surface area contributed by atoms with Gasteiger partial charge in [-0.1, -0.05) is 27.2 Å². The molecule has 91 valence electrons. The summed E-state index contributed by atoms with van der Waals surface area (Å²) in [5, 5.41) is 0. The summed E-state index contributed by atoms with van der Waals surface area (Å²) < 4.78 is 27.6. The van der Waals surface area contributed by atoms with Crippen LogP contribution in [0.25, 0.3) is 0 Å². The molecule has 0 bridgehead atoms. The molecule has 0 atom stereocenters. The van der Waals surface area contributed by atoms with E-state index < -0.39 is 10.1 Å². The summed E-state index contributed by atoms with van der Waals surface area (Å²) in [6, 6.07) is 0. The molecular formula is C10H20ClO3S. The van der Waals surface area contributed by atoms with Crippen LogP contribution in [0.3, 0.4) is 0 Å². The quantitative estimate of drug-likeness (QED) is 0.495. The van der Waals surface area contributed by atoms with Gasteiger partial charge in [-0.2, -0.15) is 8.42 Å². The maximum Gasteiger partial charge on any atom is 0.267 e. The molecule has 0 spiro atoms. The van der Waals surface area contributed by atoms with Gasteiger partial charge in [0.1, 0.15) is 0 Å². The molecular weight excluding hydrogens is 236 g/mol. The van der Waals surface area contributed by atoms with E-state index >= 15 is 0 Å². The molecule has 0 aromatic carbocycles. The molecule has 0 aromatic rings. The molecule has 0 heterocycles. The van der Waals surface area contributed by atoms with Crippen molar-refractivity contribution in [2.75, 3.05) is 18.2 Å². The SMILES string of the molecule is [CH2]CCC(C)(C)COS(=O)(=O)CCCCl. The van der Waals surface area contributed by atoms with Crippen LogP contribution < -0.4 is 0 Å². The van der Waals surface area contributed by atoms with E-state index in [1.165, 1.54) is 0 Å². The van der Waals surface area contributed by atoms with Crippen LogP contribution in [0, 0.1) is 12.3 Å². The van der Waals surface area contributed by atoms with Gasteiger partial charge in [0, 0.05) is 5.88 Å². The van der Waals surface area contributed by atoms with Crippen molar-refractivity contribution < 1.29 is 12.6 Å². The molecule has 0 saturated heterocycles. The van der Waals surface area contributed by atoms with E-state index in [1.54, 1.807) is 0 Å². The summed E-state index contributed by atoms with van der Waals surface area (Å²) in [4.78, 5) is 0. The number of hydrogen-bond donors (Lipinski definition) is 0. The lowest BCUT2D eigenvalue weighted by atomic mass is 9.89. The van der Waals surface area contributed by atoms with E-state index in [-0.39, 0.29) is 17.8 Å². The Balaban J connectivity index is 4.02. The summed E-state index contributed by atoms with van der Waals surface area (Å²) in [5.41, 5.74) is -0.143. The molecule has 0 aromatic heterocycles. The molecule has 0 N–H and O–H groups in total. The third-order valence-corrected chi connectivity index (χ3v) is 3.54. The van der Waals surface area contributed by atoms with Gasteiger partial charge in [-0.15, -0.1) is 11.6 Å². The van der Waals surface area contributed by atoms with Crippen molar-refractivity contribution in [3.05, 3.63) is 6.92 Å². The third kappa shape index (κ3) is 8.05. The first-order valence-corrected chi connectivity index (χ1v) is 7.16. The van der Waals surface area contributed by atoms with Crippen LogP contribution in [0.5, 0.6) is 0 Å². The molecule has 3 nitrogen and oxygen atoms in total. The highest BCUT2D eigenvalue weighted by atomic mass is 35.5. The maximum atomic E-state index is 11.3. The smallest absolute Gasteiger partial charge is 0.267 e. The largest absolute Gasteiger partial charge is 0.270 e. The van der Waals surface area contributed by atoms with Crippen LogP contribution in [0.1, 0.15) is 33.1 Å². The lowest BCUT2D eigenvalue weighted by Gasteiger charge is -2.23. The summed E-state index contributed by atoms with van der Waals surface area (Å²) in [5.74, 6) is 0.335. The minimum atomic E-state index is -3.40. The van der Waals surface area contributed by atoms with Crippen molar-refractivity contribution >= 4 is 21.7 Å². The first-order chi connectivity index (χ1) is 6.83. The molecule has 5 heteroatoms. The third-order valence-electron chi connectivity index (χ3n) is 2.01. The van der Waals surface area contributed by atoms with Gasteiger partial charge < -0.3 is 0 Å². The molecule has 15 heavy (non-hydrogen) atoms. The maximum absolute atomic E-state index is 11.3. The standard InChI is InChI=1S/C10H20ClO3S/c1-4-6-10(2,3)9-14-15(12,13)8-5-7-11/h1,4-9H2,2-3H3. The Morgan fingerprint density at radius 3 is 2.47 bits per heavy atom. The van der Waals surface area contributed by atoms with Crippen LogP contribution in [0.2, 0.25) is 0 Å². The Morgan fingerprint density at radius 1 is 1.40 bits per heavy atom. The van der Waals surface area contributed by atoms with E-state index in [1.807, 2.05) is 13.8 Å². The van der Waals surface area contributed by atoms with Crippen LogP contribution >= 0.6 is 11.6 Å². The topological polar surface area (TPSA) is 43.4 Å². The minimum absolute atomic E-state index is 0.00302. The number of hydrogen-bond acceptors (Lipinski definition) is 3. The van der Waals surface area contributed by atoms with Crippen molar-refractivity contribution in [2.45, 2.75) is 33.1 Å². The molecule has 0 fully saturated rings. The van der Waals surface area contributed by atoms with E-state index in [9.17, 15) is 8.42 Å². The molecule has 0 amide bonds. The van der Waals surface area contributed by atoms with Crippen molar-refractivity contribution in [2.24, 2.45) is 5.41 Å². The number of halogens is 1. The van der Waals surface area contributed by atoms with Gasteiger partial charge in [-0.05, 0) is 18.3 Å². The molecule has 0 rings (SSSR count). The van der Waals surface area contributed by atoms with E-state index in [0.29, 0.717) is 12.3 Å². The van der Waals surface area contributed by atoms with Gasteiger partial charge in [-0.25, -0.2) is 0 Å². The predicted octanol–water partition coefficient (Wildman–Crippen LogP) is 2.60. The molecule has 0 unspecified atom stereocenters. The van der Waals surface area contributed by atoms with Gasteiger partial charge in [0.25, 0.3) is 10.1 Å². The van der Waals surface area contributed by atoms with Crippen LogP contribution in [-0.4, -0.2) is 26.7 Å². The van der Waals surface area contributed by atoms with E-state index in [0.717, 1.165) is 12.8 Å². The lowest BCUT2D eigenvalue weighted by Crippen LogP contribution is -2.23. The molecule has 1 radical (unpaired) electrons. The summed E-state index contributed by atoms with van der Waals surface area (Å²) in [7, 11) is -3.40. The van der Waals surface area contributed by atoms with Crippen LogP contribution in [0.4, 0.5) is 0 Å². The highest BCUT2D eigenvalue weighted by Gasteiger charge is 2.21. The van der Waals surface area contributed by atoms with Crippen LogP contribution in [-0.2, 0) is 14.3 Å². The van der Waals surface area contributed by atoms with Gasteiger partial charge in [0.2, 0.25) is 0 Å². The van der Waals surface area contributed by atoms with Crippen molar-refractivity contribution in [1.82, 2.24) is 0 Å². The van der Waals surface area contributed by atoms with Gasteiger partial charge in [-0.3, -0.25) is 4.18 Å².